The number of aromatic nitrogens is 2. The highest BCUT2D eigenvalue weighted by molar-refractivity contribution is 7.94. The van der Waals surface area contributed by atoms with Crippen molar-refractivity contribution < 1.29 is 45.2 Å². The highest BCUT2D eigenvalue weighted by Crippen LogP contribution is 2.40. The third-order valence-electron chi connectivity index (χ3n) is 9.77. The molecule has 0 aliphatic carbocycles. The van der Waals surface area contributed by atoms with Gasteiger partial charge in [-0.05, 0) is 85.6 Å². The van der Waals surface area contributed by atoms with Crippen LogP contribution in [0, 0.1) is 37.1 Å². The Morgan fingerprint density at radius 3 is 1.30 bits per heavy atom. The quantitative estimate of drug-likeness (QED) is 0.156. The minimum Gasteiger partial charge on any atom is -0.342 e. The van der Waals surface area contributed by atoms with Gasteiger partial charge in [0.1, 0.15) is 48.4 Å². The average Bonchev–Trinajstić information content (AvgIpc) is 3.40. The molecular weight excluding hydrogens is 821 g/mol. The van der Waals surface area contributed by atoms with Gasteiger partial charge < -0.3 is 20.4 Å². The molecular formula is C42H40F4N8O6S. The average molecular weight is 861 g/mol. The lowest BCUT2D eigenvalue weighted by molar-refractivity contribution is -0.126. The number of carbonyl (C=O) groups is 4. The van der Waals surface area contributed by atoms with Crippen molar-refractivity contribution in [1.29, 1.82) is 0 Å². The Morgan fingerprint density at radius 2 is 0.967 bits per heavy atom. The standard InChI is InChI=1S/C42H40F4N8O6S/c1-25-9-11-33(21-47-25)51(3)41(57)35(17-27-13-29(43)19-30(44)14-27)49-39(55)23-53-37-7-5-6-8-38(37)54(61(53,59)60)24-40(56)50-36(18-28-15-31(45)20-32(46)16-28)42(58)52(4)34-12-10-26(2)48-22-34/h5-16,19-22,35-36H,17-18,23-24H2,1-4H3,(H,49,55)(H,50,56)/t35-,36-/m0/s1. The van der Waals surface area contributed by atoms with Crippen LogP contribution in [0.4, 0.5) is 40.3 Å². The van der Waals surface area contributed by atoms with E-state index in [9.17, 15) is 45.2 Å². The highest BCUT2D eigenvalue weighted by Gasteiger charge is 2.43. The number of halogens is 4. The lowest BCUT2D eigenvalue weighted by Gasteiger charge is -2.27. The number of carbonyl (C=O) groups excluding carboxylic acids is 4. The van der Waals surface area contributed by atoms with Crippen LogP contribution in [0.25, 0.3) is 0 Å². The fraction of sp³-hybridized carbons (Fsp3) is 0.238. The normalized spacial score (nSPS) is 13.8. The molecule has 5 aromatic rings. The molecule has 0 unspecified atom stereocenters. The predicted octanol–water partition coefficient (Wildman–Crippen LogP) is 4.30. The van der Waals surface area contributed by atoms with Gasteiger partial charge >= 0.3 is 10.2 Å². The van der Waals surface area contributed by atoms with E-state index in [1.165, 1.54) is 60.6 Å². The first-order chi connectivity index (χ1) is 28.9. The van der Waals surface area contributed by atoms with Gasteiger partial charge in [0.25, 0.3) is 0 Å². The molecule has 0 bridgehead atoms. The molecule has 3 heterocycles. The molecule has 0 saturated carbocycles. The number of anilines is 4. The maximum Gasteiger partial charge on any atom is 0.327 e. The molecule has 14 nitrogen and oxygen atoms in total. The molecule has 2 N–H and O–H groups in total. The number of para-hydroxylation sites is 2. The molecule has 61 heavy (non-hydrogen) atoms. The van der Waals surface area contributed by atoms with Crippen molar-refractivity contribution in [2.24, 2.45) is 0 Å². The molecule has 1 aliphatic heterocycles. The van der Waals surface area contributed by atoms with E-state index in [4.69, 9.17) is 0 Å². The van der Waals surface area contributed by atoms with Crippen LogP contribution in [-0.4, -0.2) is 81.3 Å². The summed E-state index contributed by atoms with van der Waals surface area (Å²) in [5, 5.41) is 5.03. The van der Waals surface area contributed by atoms with Crippen LogP contribution in [0.2, 0.25) is 0 Å². The summed E-state index contributed by atoms with van der Waals surface area (Å²) in [5.74, 6) is -7.03. The van der Waals surface area contributed by atoms with Crippen molar-refractivity contribution in [3.63, 3.8) is 0 Å². The van der Waals surface area contributed by atoms with Crippen LogP contribution in [-0.2, 0) is 42.2 Å². The van der Waals surface area contributed by atoms with Gasteiger partial charge in [0, 0.05) is 50.5 Å². The Labute approximate surface area is 349 Å². The molecule has 318 valence electrons. The maximum absolute atomic E-state index is 14.2. The lowest BCUT2D eigenvalue weighted by atomic mass is 10.0. The molecule has 3 aromatic carbocycles. The van der Waals surface area contributed by atoms with Gasteiger partial charge in [-0.25, -0.2) is 26.2 Å². The lowest BCUT2D eigenvalue weighted by Crippen LogP contribution is -2.53. The monoisotopic (exact) mass is 860 g/mol. The second-order valence-electron chi connectivity index (χ2n) is 14.3. The van der Waals surface area contributed by atoms with Gasteiger partial charge in [0.15, 0.2) is 0 Å². The number of pyridine rings is 2. The van der Waals surface area contributed by atoms with E-state index >= 15 is 0 Å². The number of aryl methyl sites for hydroxylation is 2. The first-order valence-corrected chi connectivity index (χ1v) is 20.1. The number of amides is 4. The minimum absolute atomic E-state index is 0.00200. The van der Waals surface area contributed by atoms with Crippen LogP contribution in [0.15, 0.2) is 97.3 Å². The van der Waals surface area contributed by atoms with Gasteiger partial charge in [-0.2, -0.15) is 8.42 Å². The summed E-state index contributed by atoms with van der Waals surface area (Å²) in [6, 6.07) is 14.7. The Kier molecular flexibility index (Phi) is 13.0. The summed E-state index contributed by atoms with van der Waals surface area (Å²) in [6.07, 6.45) is 2.09. The van der Waals surface area contributed by atoms with Crippen LogP contribution >= 0.6 is 0 Å². The number of hydrogen-bond donors (Lipinski definition) is 2. The van der Waals surface area contributed by atoms with E-state index in [0.29, 0.717) is 34.9 Å². The summed E-state index contributed by atoms with van der Waals surface area (Å²) in [5.41, 5.74) is 2.08. The number of hydrogen-bond acceptors (Lipinski definition) is 8. The van der Waals surface area contributed by atoms with Crippen molar-refractivity contribution in [2.45, 2.75) is 38.8 Å². The molecule has 19 heteroatoms. The second kappa shape index (κ2) is 18.2. The zero-order valence-electron chi connectivity index (χ0n) is 33.3. The number of nitrogens with one attached hydrogen (secondary N) is 2. The summed E-state index contributed by atoms with van der Waals surface area (Å²) in [7, 11) is -1.89. The van der Waals surface area contributed by atoms with E-state index in [0.717, 1.165) is 32.9 Å². The highest BCUT2D eigenvalue weighted by atomic mass is 32.2. The SMILES string of the molecule is Cc1ccc(N(C)C(=O)[C@H](Cc2cc(F)cc(F)c2)NC(=O)CN2c3ccccc3N(CC(=O)N[C@@H](Cc3cc(F)cc(F)c3)C(=O)N(C)c3ccc(C)nc3)S2(=O)=O)cn1. The van der Waals surface area contributed by atoms with E-state index in [1.807, 2.05) is 0 Å². The van der Waals surface area contributed by atoms with Crippen molar-refractivity contribution in [1.82, 2.24) is 20.6 Å². The van der Waals surface area contributed by atoms with Crippen molar-refractivity contribution in [2.75, 3.05) is 45.6 Å². The Morgan fingerprint density at radius 1 is 0.607 bits per heavy atom. The first kappa shape index (κ1) is 43.7. The molecule has 0 saturated heterocycles. The van der Waals surface area contributed by atoms with Crippen molar-refractivity contribution >= 4 is 56.6 Å². The minimum atomic E-state index is -4.72. The van der Waals surface area contributed by atoms with Gasteiger partial charge in [-0.15, -0.1) is 0 Å². The third kappa shape index (κ3) is 10.3. The number of rotatable bonds is 14. The fourth-order valence-corrected chi connectivity index (χ4v) is 8.30. The van der Waals surface area contributed by atoms with Crippen LogP contribution in [0.1, 0.15) is 22.5 Å². The van der Waals surface area contributed by atoms with Crippen molar-refractivity contribution in [3.05, 3.63) is 143 Å². The molecule has 0 radical (unpaired) electrons. The van der Waals surface area contributed by atoms with Gasteiger partial charge in [0.2, 0.25) is 23.6 Å². The number of nitrogens with zero attached hydrogens (tertiary/aromatic N) is 6. The molecule has 1 aliphatic rings. The Hall–Kier alpha value is -6.89. The Bertz CT molecular complexity index is 2370. The molecule has 0 fully saturated rings. The zero-order valence-corrected chi connectivity index (χ0v) is 34.1. The summed E-state index contributed by atoms with van der Waals surface area (Å²) in [4.78, 5) is 65.9. The molecule has 2 aromatic heterocycles. The molecule has 6 rings (SSSR count). The van der Waals surface area contributed by atoms with E-state index in [-0.39, 0.29) is 35.3 Å². The Balaban J connectivity index is 1.23. The van der Waals surface area contributed by atoms with Crippen LogP contribution < -0.4 is 29.0 Å². The number of benzene rings is 3. The number of likely N-dealkylation sites (N-methyl/N-ethyl adjacent to an activating group) is 2. The summed E-state index contributed by atoms with van der Waals surface area (Å²) < 4.78 is 86.6. The molecule has 4 amide bonds. The second-order valence-corrected chi connectivity index (χ2v) is 16.1. The van der Waals surface area contributed by atoms with Crippen molar-refractivity contribution in [3.8, 4) is 0 Å². The summed E-state index contributed by atoms with van der Waals surface area (Å²) in [6.45, 7) is 1.70. The fourth-order valence-electron chi connectivity index (χ4n) is 6.70. The smallest absolute Gasteiger partial charge is 0.327 e. The van der Waals surface area contributed by atoms with Crippen LogP contribution in [0.3, 0.4) is 0 Å². The molecule has 2 atom stereocenters. The number of fused-ring (bicyclic) bond motifs is 1. The third-order valence-corrected chi connectivity index (χ3v) is 11.5. The van der Waals surface area contributed by atoms with E-state index in [2.05, 4.69) is 20.6 Å². The van der Waals surface area contributed by atoms with Gasteiger partial charge in [-0.1, -0.05) is 12.1 Å². The summed E-state index contributed by atoms with van der Waals surface area (Å²) >= 11 is 0. The maximum atomic E-state index is 14.2. The largest absolute Gasteiger partial charge is 0.342 e. The topological polar surface area (TPSA) is 165 Å². The zero-order chi connectivity index (χ0) is 44.2. The van der Waals surface area contributed by atoms with E-state index < -0.39 is 82.3 Å². The molecule has 0 spiro atoms. The first-order valence-electron chi connectivity index (χ1n) is 18.7. The van der Waals surface area contributed by atoms with Crippen LogP contribution in [0.5, 0.6) is 0 Å². The predicted molar refractivity (Wildman–Crippen MR) is 219 cm³/mol. The van der Waals surface area contributed by atoms with E-state index in [1.54, 1.807) is 38.1 Å². The van der Waals surface area contributed by atoms with Gasteiger partial charge in [-0.3, -0.25) is 29.1 Å². The van der Waals surface area contributed by atoms with Gasteiger partial charge in [0.05, 0.1) is 35.1 Å².